The first kappa shape index (κ1) is 17.7. The second-order valence-electron chi connectivity index (χ2n) is 4.73. The maximum absolute atomic E-state index is 12.8. The standard InChI is InChI=1S/C14H26N4O2S/c1-5-10(6-2)18(8-9-20-4)13(19)11-12(15)17-14(21-11)16-7-3/h10H,5-9,15H2,1-4H3,(H,16,17). The molecule has 7 heteroatoms. The molecule has 1 amide bonds. The maximum atomic E-state index is 12.8. The van der Waals surface area contributed by atoms with Crippen molar-refractivity contribution in [3.05, 3.63) is 4.88 Å². The fourth-order valence-electron chi connectivity index (χ4n) is 2.21. The number of rotatable bonds is 9. The summed E-state index contributed by atoms with van der Waals surface area (Å²) >= 11 is 1.31. The molecule has 0 aliphatic carbocycles. The molecule has 0 atom stereocenters. The highest BCUT2D eigenvalue weighted by atomic mass is 32.1. The largest absolute Gasteiger partial charge is 0.383 e. The Morgan fingerprint density at radius 2 is 2.10 bits per heavy atom. The molecule has 0 saturated carbocycles. The van der Waals surface area contributed by atoms with Crippen molar-refractivity contribution in [2.45, 2.75) is 39.7 Å². The van der Waals surface area contributed by atoms with E-state index in [1.165, 1.54) is 11.3 Å². The number of nitrogens with two attached hydrogens (primary N) is 1. The highest BCUT2D eigenvalue weighted by molar-refractivity contribution is 7.18. The number of nitrogens with zero attached hydrogens (tertiary/aromatic N) is 2. The van der Waals surface area contributed by atoms with Crippen LogP contribution >= 0.6 is 11.3 Å². The molecule has 3 N–H and O–H groups in total. The summed E-state index contributed by atoms with van der Waals surface area (Å²) in [5.74, 6) is 0.245. The summed E-state index contributed by atoms with van der Waals surface area (Å²) in [7, 11) is 1.64. The summed E-state index contributed by atoms with van der Waals surface area (Å²) in [6.45, 7) is 7.98. The molecule has 1 heterocycles. The third kappa shape index (κ3) is 4.57. The van der Waals surface area contributed by atoms with Crippen LogP contribution in [0.15, 0.2) is 0 Å². The minimum atomic E-state index is -0.0556. The van der Waals surface area contributed by atoms with E-state index in [2.05, 4.69) is 24.1 Å². The van der Waals surface area contributed by atoms with E-state index in [9.17, 15) is 4.79 Å². The van der Waals surface area contributed by atoms with Gasteiger partial charge in [-0.3, -0.25) is 4.79 Å². The van der Waals surface area contributed by atoms with E-state index in [4.69, 9.17) is 10.5 Å². The number of amides is 1. The van der Waals surface area contributed by atoms with E-state index in [1.807, 2.05) is 11.8 Å². The van der Waals surface area contributed by atoms with Crippen molar-refractivity contribution in [2.24, 2.45) is 0 Å². The third-order valence-corrected chi connectivity index (χ3v) is 4.37. The first-order chi connectivity index (χ1) is 10.1. The Labute approximate surface area is 130 Å². The Bertz CT molecular complexity index is 446. The van der Waals surface area contributed by atoms with E-state index in [0.29, 0.717) is 29.0 Å². The van der Waals surface area contributed by atoms with Gasteiger partial charge in [0, 0.05) is 26.2 Å². The van der Waals surface area contributed by atoms with Crippen LogP contribution in [0, 0.1) is 0 Å². The SMILES string of the molecule is CCNc1nc(N)c(C(=O)N(CCOC)C(CC)CC)s1. The van der Waals surface area contributed by atoms with Gasteiger partial charge in [0.05, 0.1) is 6.61 Å². The number of ether oxygens (including phenoxy) is 1. The molecule has 21 heavy (non-hydrogen) atoms. The molecule has 0 unspecified atom stereocenters. The van der Waals surface area contributed by atoms with E-state index < -0.39 is 0 Å². The quantitative estimate of drug-likeness (QED) is 0.732. The van der Waals surface area contributed by atoms with Crippen molar-refractivity contribution in [2.75, 3.05) is 37.9 Å². The number of aromatic nitrogens is 1. The average molecular weight is 314 g/mol. The van der Waals surface area contributed by atoms with Crippen LogP contribution in [0.5, 0.6) is 0 Å². The smallest absolute Gasteiger partial charge is 0.268 e. The molecule has 6 nitrogen and oxygen atoms in total. The number of anilines is 2. The lowest BCUT2D eigenvalue weighted by Gasteiger charge is -2.30. The molecule has 0 aromatic carbocycles. The van der Waals surface area contributed by atoms with Gasteiger partial charge in [-0.15, -0.1) is 0 Å². The van der Waals surface area contributed by atoms with Crippen LogP contribution in [0.2, 0.25) is 0 Å². The van der Waals surface area contributed by atoms with Gasteiger partial charge in [-0.25, -0.2) is 4.98 Å². The molecule has 1 aromatic rings. The predicted octanol–water partition coefficient (Wildman–Crippen LogP) is 2.43. The number of thiazole rings is 1. The van der Waals surface area contributed by atoms with Crippen molar-refractivity contribution >= 4 is 28.2 Å². The van der Waals surface area contributed by atoms with Crippen molar-refractivity contribution in [3.8, 4) is 0 Å². The predicted molar refractivity (Wildman–Crippen MR) is 88.0 cm³/mol. The van der Waals surface area contributed by atoms with Crippen LogP contribution in [-0.4, -0.2) is 48.6 Å². The van der Waals surface area contributed by atoms with E-state index in [1.54, 1.807) is 7.11 Å². The molecule has 0 aliphatic rings. The molecule has 0 saturated heterocycles. The highest BCUT2D eigenvalue weighted by Gasteiger charge is 2.26. The Morgan fingerprint density at radius 1 is 1.43 bits per heavy atom. The molecule has 0 fully saturated rings. The number of carbonyl (C=O) groups is 1. The second-order valence-corrected chi connectivity index (χ2v) is 5.72. The van der Waals surface area contributed by atoms with Crippen LogP contribution in [-0.2, 0) is 4.74 Å². The number of nitrogen functional groups attached to an aromatic ring is 1. The van der Waals surface area contributed by atoms with Crippen LogP contribution in [0.3, 0.4) is 0 Å². The van der Waals surface area contributed by atoms with Crippen molar-refractivity contribution in [1.82, 2.24) is 9.88 Å². The number of carbonyl (C=O) groups excluding carboxylic acids is 1. The lowest BCUT2D eigenvalue weighted by Crippen LogP contribution is -2.41. The first-order valence-electron chi connectivity index (χ1n) is 7.38. The fourth-order valence-corrected chi connectivity index (χ4v) is 3.12. The number of nitrogens with one attached hydrogen (secondary N) is 1. The van der Waals surface area contributed by atoms with Gasteiger partial charge < -0.3 is 20.7 Å². The zero-order chi connectivity index (χ0) is 15.8. The van der Waals surface area contributed by atoms with Crippen LogP contribution < -0.4 is 11.1 Å². The zero-order valence-electron chi connectivity index (χ0n) is 13.3. The van der Waals surface area contributed by atoms with Crippen LogP contribution in [0.4, 0.5) is 10.9 Å². The third-order valence-electron chi connectivity index (χ3n) is 3.36. The molecular weight excluding hydrogens is 288 g/mol. The maximum Gasteiger partial charge on any atom is 0.268 e. The molecule has 0 aliphatic heterocycles. The molecule has 120 valence electrons. The lowest BCUT2D eigenvalue weighted by molar-refractivity contribution is 0.0595. The Morgan fingerprint density at radius 3 is 2.62 bits per heavy atom. The summed E-state index contributed by atoms with van der Waals surface area (Å²) in [6, 6.07) is 0.191. The van der Waals surface area contributed by atoms with Crippen LogP contribution in [0.25, 0.3) is 0 Å². The van der Waals surface area contributed by atoms with Crippen molar-refractivity contribution in [1.29, 1.82) is 0 Å². The molecule has 0 bridgehead atoms. The summed E-state index contributed by atoms with van der Waals surface area (Å²) in [5.41, 5.74) is 5.90. The second kappa shape index (κ2) is 8.84. The summed E-state index contributed by atoms with van der Waals surface area (Å²) in [4.78, 5) is 19.3. The minimum absolute atomic E-state index is 0.0556. The zero-order valence-corrected chi connectivity index (χ0v) is 14.1. The molecule has 0 radical (unpaired) electrons. The molecule has 1 rings (SSSR count). The summed E-state index contributed by atoms with van der Waals surface area (Å²) < 4.78 is 5.12. The summed E-state index contributed by atoms with van der Waals surface area (Å²) in [6.07, 6.45) is 1.81. The number of hydrogen-bond acceptors (Lipinski definition) is 6. The minimum Gasteiger partial charge on any atom is -0.383 e. The fraction of sp³-hybridized carbons (Fsp3) is 0.714. The van der Waals surface area contributed by atoms with Gasteiger partial charge >= 0.3 is 0 Å². The molecule has 0 spiro atoms. The number of hydrogen-bond donors (Lipinski definition) is 2. The average Bonchev–Trinajstić information content (AvgIpc) is 2.84. The normalized spacial score (nSPS) is 10.9. The topological polar surface area (TPSA) is 80.5 Å². The van der Waals surface area contributed by atoms with Gasteiger partial charge in [-0.2, -0.15) is 0 Å². The first-order valence-corrected chi connectivity index (χ1v) is 8.20. The van der Waals surface area contributed by atoms with Gasteiger partial charge in [0.1, 0.15) is 10.7 Å². The molecule has 1 aromatic heterocycles. The van der Waals surface area contributed by atoms with Gasteiger partial charge in [-0.05, 0) is 19.8 Å². The molecular formula is C14H26N4O2S. The van der Waals surface area contributed by atoms with Gasteiger partial charge in [0.15, 0.2) is 5.13 Å². The van der Waals surface area contributed by atoms with E-state index in [-0.39, 0.29) is 11.9 Å². The van der Waals surface area contributed by atoms with Gasteiger partial charge in [0.25, 0.3) is 5.91 Å². The van der Waals surface area contributed by atoms with Gasteiger partial charge in [0.2, 0.25) is 0 Å². The summed E-state index contributed by atoms with van der Waals surface area (Å²) in [5, 5.41) is 3.78. The lowest BCUT2D eigenvalue weighted by atomic mass is 10.1. The van der Waals surface area contributed by atoms with Gasteiger partial charge in [-0.1, -0.05) is 25.2 Å². The van der Waals surface area contributed by atoms with Crippen molar-refractivity contribution < 1.29 is 9.53 Å². The van der Waals surface area contributed by atoms with E-state index in [0.717, 1.165) is 19.4 Å². The monoisotopic (exact) mass is 314 g/mol. The van der Waals surface area contributed by atoms with Crippen molar-refractivity contribution in [3.63, 3.8) is 0 Å². The van der Waals surface area contributed by atoms with E-state index >= 15 is 0 Å². The Balaban J connectivity index is 2.98. The number of methoxy groups -OCH3 is 1. The van der Waals surface area contributed by atoms with Crippen LogP contribution in [0.1, 0.15) is 43.3 Å². The Hall–Kier alpha value is -1.34. The Kier molecular flexibility index (Phi) is 7.45. The highest BCUT2D eigenvalue weighted by Crippen LogP contribution is 2.27.